The number of aromatic nitrogens is 4. The number of nitrogens with one attached hydrogen (secondary N) is 1. The fourth-order valence-electron chi connectivity index (χ4n) is 2.87. The average molecular weight is 300 g/mol. The fraction of sp³-hybridized carbons (Fsp3) is 0.267. The van der Waals surface area contributed by atoms with E-state index in [0.717, 1.165) is 24.3 Å². The molecular formula is C15H14ClN5. The zero-order valence-corrected chi connectivity index (χ0v) is 12.3. The van der Waals surface area contributed by atoms with Crippen LogP contribution in [0.2, 0.25) is 5.15 Å². The lowest BCUT2D eigenvalue weighted by Gasteiger charge is -2.30. The molecule has 0 saturated heterocycles. The molecule has 5 nitrogen and oxygen atoms in total. The maximum absolute atomic E-state index is 6.16. The molecule has 0 radical (unpaired) electrons. The summed E-state index contributed by atoms with van der Waals surface area (Å²) in [7, 11) is 0. The van der Waals surface area contributed by atoms with E-state index in [9.17, 15) is 0 Å². The molecule has 0 bridgehead atoms. The fourth-order valence-corrected chi connectivity index (χ4v) is 3.03. The van der Waals surface area contributed by atoms with Crippen LogP contribution in [0.3, 0.4) is 0 Å². The van der Waals surface area contributed by atoms with Crippen molar-refractivity contribution in [2.75, 3.05) is 11.9 Å². The van der Waals surface area contributed by atoms with Crippen LogP contribution >= 0.6 is 11.6 Å². The Balaban J connectivity index is 1.61. The normalized spacial score (nSPS) is 16.6. The first kappa shape index (κ1) is 12.6. The van der Waals surface area contributed by atoms with E-state index in [1.165, 1.54) is 17.5 Å². The second-order valence-corrected chi connectivity index (χ2v) is 5.69. The highest BCUT2D eigenvalue weighted by Gasteiger charge is 2.25. The van der Waals surface area contributed by atoms with E-state index >= 15 is 0 Å². The third-order valence-corrected chi connectivity index (χ3v) is 4.45. The van der Waals surface area contributed by atoms with Crippen molar-refractivity contribution in [3.8, 4) is 0 Å². The molecule has 21 heavy (non-hydrogen) atoms. The Morgan fingerprint density at radius 2 is 2.24 bits per heavy atom. The maximum Gasteiger partial charge on any atom is 0.255 e. The van der Waals surface area contributed by atoms with Crippen molar-refractivity contribution in [2.45, 2.75) is 19.3 Å². The van der Waals surface area contributed by atoms with Crippen molar-refractivity contribution < 1.29 is 0 Å². The summed E-state index contributed by atoms with van der Waals surface area (Å²) in [4.78, 5) is 8.30. The Morgan fingerprint density at radius 3 is 3.10 bits per heavy atom. The van der Waals surface area contributed by atoms with Gasteiger partial charge in [-0.1, -0.05) is 35.9 Å². The van der Waals surface area contributed by atoms with Gasteiger partial charge in [0.25, 0.3) is 5.78 Å². The molecule has 2 aromatic heterocycles. The van der Waals surface area contributed by atoms with E-state index in [-0.39, 0.29) is 0 Å². The molecule has 3 aromatic rings. The minimum absolute atomic E-state index is 0.465. The van der Waals surface area contributed by atoms with E-state index in [1.807, 2.05) is 6.92 Å². The Hall–Kier alpha value is -2.14. The van der Waals surface area contributed by atoms with Gasteiger partial charge in [-0.25, -0.2) is 0 Å². The van der Waals surface area contributed by atoms with E-state index < -0.39 is 0 Å². The standard InChI is InChI=1S/C15H14ClN5/c1-9-13(16)20-15-18-8-19-21(15)14(9)17-7-11-6-10-4-2-3-5-12(10)11/h2-5,8,11,17H,6-7H2,1H3. The van der Waals surface area contributed by atoms with Crippen LogP contribution in [0.25, 0.3) is 5.78 Å². The van der Waals surface area contributed by atoms with Gasteiger partial charge in [0, 0.05) is 18.0 Å². The second kappa shape index (κ2) is 4.70. The maximum atomic E-state index is 6.16. The zero-order valence-electron chi connectivity index (χ0n) is 11.5. The molecule has 0 fully saturated rings. The lowest BCUT2D eigenvalue weighted by atomic mass is 9.77. The predicted octanol–water partition coefficient (Wildman–Crippen LogP) is 2.84. The summed E-state index contributed by atoms with van der Waals surface area (Å²) in [5.41, 5.74) is 3.76. The molecule has 1 aromatic carbocycles. The van der Waals surface area contributed by atoms with Gasteiger partial charge in [0.1, 0.15) is 17.3 Å². The minimum atomic E-state index is 0.465. The Kier molecular flexibility index (Phi) is 2.82. The van der Waals surface area contributed by atoms with Crippen LogP contribution in [0.15, 0.2) is 30.6 Å². The van der Waals surface area contributed by atoms with Crippen LogP contribution in [0, 0.1) is 6.92 Å². The summed E-state index contributed by atoms with van der Waals surface area (Å²) >= 11 is 6.16. The van der Waals surface area contributed by atoms with Gasteiger partial charge in [-0.05, 0) is 24.5 Å². The van der Waals surface area contributed by atoms with Gasteiger partial charge in [0.05, 0.1) is 0 Å². The number of rotatable bonds is 3. The van der Waals surface area contributed by atoms with Crippen LogP contribution in [-0.2, 0) is 6.42 Å². The number of halogens is 1. The molecule has 0 amide bonds. The van der Waals surface area contributed by atoms with Crippen LogP contribution in [0.1, 0.15) is 22.6 Å². The smallest absolute Gasteiger partial charge is 0.255 e. The molecule has 1 aliphatic carbocycles. The van der Waals surface area contributed by atoms with Gasteiger partial charge in [-0.3, -0.25) is 0 Å². The molecule has 1 N–H and O–H groups in total. The van der Waals surface area contributed by atoms with Crippen LogP contribution < -0.4 is 5.32 Å². The van der Waals surface area contributed by atoms with Gasteiger partial charge in [0.2, 0.25) is 0 Å². The second-order valence-electron chi connectivity index (χ2n) is 5.33. The number of hydrogen-bond donors (Lipinski definition) is 1. The van der Waals surface area contributed by atoms with E-state index in [4.69, 9.17) is 11.6 Å². The first-order chi connectivity index (χ1) is 10.2. The van der Waals surface area contributed by atoms with Crippen LogP contribution in [0.4, 0.5) is 5.82 Å². The van der Waals surface area contributed by atoms with Crippen molar-refractivity contribution in [1.29, 1.82) is 0 Å². The predicted molar refractivity (Wildman–Crippen MR) is 81.9 cm³/mol. The minimum Gasteiger partial charge on any atom is -0.369 e. The summed E-state index contributed by atoms with van der Waals surface area (Å²) in [6.07, 6.45) is 2.60. The monoisotopic (exact) mass is 299 g/mol. The SMILES string of the molecule is Cc1c(Cl)nc2ncnn2c1NCC1Cc2ccccc21. The van der Waals surface area contributed by atoms with Crippen molar-refractivity contribution in [2.24, 2.45) is 0 Å². The molecule has 0 saturated carbocycles. The Bertz CT molecular complexity index is 826. The summed E-state index contributed by atoms with van der Waals surface area (Å²) in [5.74, 6) is 1.92. The number of anilines is 1. The summed E-state index contributed by atoms with van der Waals surface area (Å²) < 4.78 is 1.70. The third kappa shape index (κ3) is 1.96. The highest BCUT2D eigenvalue weighted by Crippen LogP contribution is 2.35. The van der Waals surface area contributed by atoms with Crippen LogP contribution in [0.5, 0.6) is 0 Å². The van der Waals surface area contributed by atoms with E-state index in [2.05, 4.69) is 44.6 Å². The average Bonchev–Trinajstić information content (AvgIpc) is 2.91. The van der Waals surface area contributed by atoms with Gasteiger partial charge in [-0.2, -0.15) is 19.6 Å². The molecule has 1 unspecified atom stereocenters. The number of fused-ring (bicyclic) bond motifs is 2. The van der Waals surface area contributed by atoms with Gasteiger partial charge >= 0.3 is 0 Å². The first-order valence-electron chi connectivity index (χ1n) is 6.91. The molecule has 0 spiro atoms. The molecule has 2 heterocycles. The molecule has 1 aliphatic rings. The van der Waals surface area contributed by atoms with E-state index in [1.54, 1.807) is 4.52 Å². The molecule has 106 valence electrons. The lowest BCUT2D eigenvalue weighted by molar-refractivity contribution is 0.632. The number of benzene rings is 1. The molecule has 0 aliphatic heterocycles. The Morgan fingerprint density at radius 1 is 1.38 bits per heavy atom. The lowest BCUT2D eigenvalue weighted by Crippen LogP contribution is -2.25. The van der Waals surface area contributed by atoms with Crippen LogP contribution in [-0.4, -0.2) is 26.1 Å². The molecule has 1 atom stereocenters. The van der Waals surface area contributed by atoms with Gasteiger partial charge in [-0.15, -0.1) is 0 Å². The third-order valence-electron chi connectivity index (χ3n) is 4.08. The Labute approximate surface area is 127 Å². The summed E-state index contributed by atoms with van der Waals surface area (Å²) in [5, 5.41) is 8.14. The first-order valence-corrected chi connectivity index (χ1v) is 7.29. The molecule has 4 rings (SSSR count). The largest absolute Gasteiger partial charge is 0.369 e. The number of hydrogen-bond acceptors (Lipinski definition) is 4. The van der Waals surface area contributed by atoms with Crippen molar-refractivity contribution in [1.82, 2.24) is 19.6 Å². The summed E-state index contributed by atoms with van der Waals surface area (Å²) in [6, 6.07) is 8.57. The highest BCUT2D eigenvalue weighted by molar-refractivity contribution is 6.30. The van der Waals surface area contributed by atoms with Crippen molar-refractivity contribution in [3.63, 3.8) is 0 Å². The van der Waals surface area contributed by atoms with Gasteiger partial charge in [0.15, 0.2) is 0 Å². The van der Waals surface area contributed by atoms with Crippen molar-refractivity contribution in [3.05, 3.63) is 52.4 Å². The zero-order chi connectivity index (χ0) is 14.4. The van der Waals surface area contributed by atoms with Crippen molar-refractivity contribution >= 4 is 23.2 Å². The topological polar surface area (TPSA) is 55.1 Å². The molecule has 6 heteroatoms. The summed E-state index contributed by atoms with van der Waals surface area (Å²) in [6.45, 7) is 2.79. The highest BCUT2D eigenvalue weighted by atomic mass is 35.5. The number of nitrogens with zero attached hydrogens (tertiary/aromatic N) is 4. The quantitative estimate of drug-likeness (QED) is 0.756. The van der Waals surface area contributed by atoms with Gasteiger partial charge < -0.3 is 5.32 Å². The molecular weight excluding hydrogens is 286 g/mol. The van der Waals surface area contributed by atoms with E-state index in [0.29, 0.717) is 16.8 Å².